The molecule has 0 radical (unpaired) electrons. The van der Waals surface area contributed by atoms with E-state index in [1.807, 2.05) is 12.1 Å². The van der Waals surface area contributed by atoms with Crippen molar-refractivity contribution in [2.75, 3.05) is 0 Å². The summed E-state index contributed by atoms with van der Waals surface area (Å²) in [5, 5.41) is 0.808. The Balaban J connectivity index is 2.58. The van der Waals surface area contributed by atoms with Crippen LogP contribution in [0.1, 0.15) is 62.5 Å². The van der Waals surface area contributed by atoms with E-state index in [9.17, 15) is 4.79 Å². The summed E-state index contributed by atoms with van der Waals surface area (Å²) in [6, 6.07) is 8.14. The Morgan fingerprint density at radius 3 is 2.63 bits per heavy atom. The van der Waals surface area contributed by atoms with Crippen molar-refractivity contribution in [2.45, 2.75) is 56.7 Å². The number of nitrogens with two attached hydrogens (primary N) is 1. The molecule has 106 valence electrons. The molecule has 1 atom stereocenters. The van der Waals surface area contributed by atoms with Gasteiger partial charge in [0.05, 0.1) is 5.92 Å². The molecule has 0 fully saturated rings. The topological polar surface area (TPSA) is 43.1 Å². The maximum absolute atomic E-state index is 11.6. The molecule has 0 spiro atoms. The van der Waals surface area contributed by atoms with E-state index in [1.165, 1.54) is 31.2 Å². The van der Waals surface area contributed by atoms with Crippen LogP contribution in [-0.2, 0) is 10.1 Å². The van der Waals surface area contributed by atoms with E-state index in [1.54, 1.807) is 0 Å². The van der Waals surface area contributed by atoms with Gasteiger partial charge in [0, 0.05) is 5.33 Å². The predicted octanol–water partition coefficient (Wildman–Crippen LogP) is 4.51. The maximum atomic E-state index is 11.6. The molecule has 0 aliphatic rings. The molecule has 0 saturated heterocycles. The van der Waals surface area contributed by atoms with Gasteiger partial charge in [0.2, 0.25) is 5.91 Å². The molecule has 0 bridgehead atoms. The Morgan fingerprint density at radius 1 is 1.26 bits per heavy atom. The molecule has 3 heteroatoms. The van der Waals surface area contributed by atoms with Gasteiger partial charge in [0.25, 0.3) is 0 Å². The van der Waals surface area contributed by atoms with Gasteiger partial charge < -0.3 is 5.73 Å². The van der Waals surface area contributed by atoms with Crippen LogP contribution in [0.5, 0.6) is 0 Å². The highest BCUT2D eigenvalue weighted by Crippen LogP contribution is 2.24. The van der Waals surface area contributed by atoms with Gasteiger partial charge in [-0.2, -0.15) is 0 Å². The molecule has 0 aliphatic heterocycles. The lowest BCUT2D eigenvalue weighted by atomic mass is 9.91. The Hall–Kier alpha value is -0.830. The van der Waals surface area contributed by atoms with Crippen LogP contribution in [0.15, 0.2) is 24.3 Å². The van der Waals surface area contributed by atoms with Crippen molar-refractivity contribution < 1.29 is 4.79 Å². The number of hydrogen-bond donors (Lipinski definition) is 1. The molecule has 0 heterocycles. The van der Waals surface area contributed by atoms with Gasteiger partial charge in [-0.1, -0.05) is 79.2 Å². The monoisotopic (exact) mass is 325 g/mol. The van der Waals surface area contributed by atoms with Gasteiger partial charge in [-0.05, 0) is 17.5 Å². The van der Waals surface area contributed by atoms with Gasteiger partial charge in [0.1, 0.15) is 0 Å². The lowest BCUT2D eigenvalue weighted by Crippen LogP contribution is -2.21. The quantitative estimate of drug-likeness (QED) is 0.526. The van der Waals surface area contributed by atoms with Crippen LogP contribution in [-0.4, -0.2) is 5.91 Å². The smallest absolute Gasteiger partial charge is 0.224 e. The number of benzene rings is 1. The van der Waals surface area contributed by atoms with E-state index < -0.39 is 0 Å². The summed E-state index contributed by atoms with van der Waals surface area (Å²) in [6.07, 6.45) is 6.91. The zero-order chi connectivity index (χ0) is 14.1. The van der Waals surface area contributed by atoms with Crippen molar-refractivity contribution in [3.63, 3.8) is 0 Å². The fourth-order valence-electron chi connectivity index (χ4n) is 2.32. The number of primary amides is 1. The van der Waals surface area contributed by atoms with Crippen molar-refractivity contribution in [3.05, 3.63) is 35.4 Å². The molecule has 1 unspecified atom stereocenters. The third-order valence-electron chi connectivity index (χ3n) is 3.45. The number of amides is 1. The zero-order valence-electron chi connectivity index (χ0n) is 11.7. The number of rotatable bonds is 9. The third-order valence-corrected chi connectivity index (χ3v) is 4.09. The third kappa shape index (κ3) is 5.77. The summed E-state index contributed by atoms with van der Waals surface area (Å²) >= 11 is 3.44. The number of alkyl halides is 1. The van der Waals surface area contributed by atoms with E-state index in [0.717, 1.165) is 23.7 Å². The Bertz CT molecular complexity index is 392. The van der Waals surface area contributed by atoms with Crippen LogP contribution in [0.25, 0.3) is 0 Å². The number of hydrogen-bond acceptors (Lipinski definition) is 1. The van der Waals surface area contributed by atoms with Crippen LogP contribution in [0.4, 0.5) is 0 Å². The largest absolute Gasteiger partial charge is 0.369 e. The van der Waals surface area contributed by atoms with Crippen molar-refractivity contribution in [1.82, 2.24) is 0 Å². The second-order valence-corrected chi connectivity index (χ2v) is 5.60. The van der Waals surface area contributed by atoms with E-state index in [-0.39, 0.29) is 11.8 Å². The summed E-state index contributed by atoms with van der Waals surface area (Å²) in [5.41, 5.74) is 7.80. The summed E-state index contributed by atoms with van der Waals surface area (Å²) in [7, 11) is 0. The first-order chi connectivity index (χ1) is 9.19. The second-order valence-electron chi connectivity index (χ2n) is 5.04. The molecular weight excluding hydrogens is 302 g/mol. The van der Waals surface area contributed by atoms with E-state index >= 15 is 0 Å². The van der Waals surface area contributed by atoms with Crippen LogP contribution in [0.3, 0.4) is 0 Å². The average molecular weight is 326 g/mol. The first kappa shape index (κ1) is 16.2. The van der Waals surface area contributed by atoms with Gasteiger partial charge in [-0.15, -0.1) is 0 Å². The Morgan fingerprint density at radius 2 is 2.00 bits per heavy atom. The average Bonchev–Trinajstić information content (AvgIpc) is 2.42. The van der Waals surface area contributed by atoms with Gasteiger partial charge >= 0.3 is 0 Å². The SMILES string of the molecule is CCCCCCCC(C(N)=O)c1cccc(CBr)c1. The number of carbonyl (C=O) groups excluding carboxylic acids is 1. The minimum Gasteiger partial charge on any atom is -0.369 e. The van der Waals surface area contributed by atoms with Crippen LogP contribution < -0.4 is 5.73 Å². The molecular formula is C16H24BrNO. The molecule has 1 aromatic rings. The molecule has 2 N–H and O–H groups in total. The number of unbranched alkanes of at least 4 members (excludes halogenated alkanes) is 4. The molecule has 0 saturated carbocycles. The summed E-state index contributed by atoms with van der Waals surface area (Å²) in [6.45, 7) is 2.21. The highest BCUT2D eigenvalue weighted by atomic mass is 79.9. The number of halogens is 1. The molecule has 19 heavy (non-hydrogen) atoms. The molecule has 0 aromatic heterocycles. The predicted molar refractivity (Wildman–Crippen MR) is 84.4 cm³/mol. The number of carbonyl (C=O) groups is 1. The van der Waals surface area contributed by atoms with E-state index in [2.05, 4.69) is 35.0 Å². The van der Waals surface area contributed by atoms with E-state index in [0.29, 0.717) is 0 Å². The molecule has 1 rings (SSSR count). The van der Waals surface area contributed by atoms with Crippen molar-refractivity contribution in [3.8, 4) is 0 Å². The summed E-state index contributed by atoms with van der Waals surface area (Å²) < 4.78 is 0. The minimum atomic E-state index is -0.206. The van der Waals surface area contributed by atoms with Crippen LogP contribution in [0.2, 0.25) is 0 Å². The first-order valence-electron chi connectivity index (χ1n) is 7.13. The fourth-order valence-corrected chi connectivity index (χ4v) is 2.67. The minimum absolute atomic E-state index is 0.138. The summed E-state index contributed by atoms with van der Waals surface area (Å²) in [4.78, 5) is 11.6. The molecule has 1 amide bonds. The fraction of sp³-hybridized carbons (Fsp3) is 0.562. The molecule has 1 aromatic carbocycles. The van der Waals surface area contributed by atoms with Crippen molar-refractivity contribution in [2.24, 2.45) is 5.73 Å². The summed E-state index contributed by atoms with van der Waals surface area (Å²) in [5.74, 6) is -0.345. The highest BCUT2D eigenvalue weighted by Gasteiger charge is 2.17. The lowest BCUT2D eigenvalue weighted by Gasteiger charge is -2.14. The van der Waals surface area contributed by atoms with Crippen molar-refractivity contribution in [1.29, 1.82) is 0 Å². The van der Waals surface area contributed by atoms with Crippen LogP contribution in [0, 0.1) is 0 Å². The van der Waals surface area contributed by atoms with Crippen molar-refractivity contribution >= 4 is 21.8 Å². The van der Waals surface area contributed by atoms with Gasteiger partial charge in [-0.3, -0.25) is 4.79 Å². The highest BCUT2D eigenvalue weighted by molar-refractivity contribution is 9.08. The van der Waals surface area contributed by atoms with Gasteiger partial charge in [-0.25, -0.2) is 0 Å². The van der Waals surface area contributed by atoms with Crippen LogP contribution >= 0.6 is 15.9 Å². The second kappa shape index (κ2) is 9.13. The van der Waals surface area contributed by atoms with Gasteiger partial charge in [0.15, 0.2) is 0 Å². The first-order valence-corrected chi connectivity index (χ1v) is 8.25. The standard InChI is InChI=1S/C16H24BrNO/c1-2-3-4-5-6-10-15(16(18)19)14-9-7-8-13(11-14)12-17/h7-9,11,15H,2-6,10,12H2,1H3,(H2,18,19). The normalized spacial score (nSPS) is 12.3. The maximum Gasteiger partial charge on any atom is 0.224 e. The Labute approximate surface area is 124 Å². The molecule has 0 aliphatic carbocycles. The van der Waals surface area contributed by atoms with E-state index in [4.69, 9.17) is 5.73 Å². The molecule has 2 nitrogen and oxygen atoms in total. The Kier molecular flexibility index (Phi) is 7.80. The lowest BCUT2D eigenvalue weighted by molar-refractivity contribution is -0.119. The zero-order valence-corrected chi connectivity index (χ0v) is 13.3.